The molecule has 0 N–H and O–H groups in total. The van der Waals surface area contributed by atoms with Crippen LogP contribution in [-0.4, -0.2) is 18.7 Å². The highest BCUT2D eigenvalue weighted by Gasteiger charge is 2.19. The summed E-state index contributed by atoms with van der Waals surface area (Å²) in [6.45, 7) is 0.742. The molecule has 164 valence electrons. The molecule has 6 nitrogen and oxygen atoms in total. The summed E-state index contributed by atoms with van der Waals surface area (Å²) in [5.41, 5.74) is 2.66. The average Bonchev–Trinajstić information content (AvgIpc) is 3.25. The van der Waals surface area contributed by atoms with Gasteiger partial charge < -0.3 is 4.57 Å². The molecule has 0 fully saturated rings. The highest BCUT2D eigenvalue weighted by atomic mass is 35.5. The molecular formula is C26H21ClN4O2. The van der Waals surface area contributed by atoms with Crippen molar-refractivity contribution >= 4 is 22.8 Å². The van der Waals surface area contributed by atoms with Gasteiger partial charge in [0.25, 0.3) is 5.56 Å². The molecule has 0 unspecified atom stereocenters. The first kappa shape index (κ1) is 21.0. The van der Waals surface area contributed by atoms with Crippen LogP contribution in [-0.2, 0) is 19.5 Å². The van der Waals surface area contributed by atoms with E-state index in [1.54, 1.807) is 35.2 Å². The van der Waals surface area contributed by atoms with E-state index in [9.17, 15) is 9.59 Å². The first-order valence-corrected chi connectivity index (χ1v) is 11.0. The summed E-state index contributed by atoms with van der Waals surface area (Å²) in [6.07, 6.45) is 2.18. The maximum Gasteiger partial charge on any atom is 0.337 e. The molecule has 0 aliphatic heterocycles. The van der Waals surface area contributed by atoms with E-state index in [2.05, 4.69) is 4.98 Å². The Hall–Kier alpha value is -3.90. The third-order valence-corrected chi connectivity index (χ3v) is 5.90. The van der Waals surface area contributed by atoms with Crippen LogP contribution >= 0.6 is 11.6 Å². The monoisotopic (exact) mass is 456 g/mol. The van der Waals surface area contributed by atoms with E-state index in [-0.39, 0.29) is 12.1 Å². The number of benzene rings is 3. The van der Waals surface area contributed by atoms with Gasteiger partial charge in [-0.05, 0) is 41.8 Å². The number of aryl methyl sites for hydroxylation is 1. The quantitative estimate of drug-likeness (QED) is 0.383. The standard InChI is InChI=1S/C26H21ClN4O2/c27-21-11-13-22(14-12-21)31-24-23(29(18-28-24)17-20-9-5-2-6-10-20)25(32)30(26(31)33)16-15-19-7-3-1-4-8-19/h1-14,18H,15-17H2. The summed E-state index contributed by atoms with van der Waals surface area (Å²) < 4.78 is 4.59. The molecule has 0 radical (unpaired) electrons. The second-order valence-corrected chi connectivity index (χ2v) is 8.25. The van der Waals surface area contributed by atoms with E-state index in [0.717, 1.165) is 11.1 Å². The van der Waals surface area contributed by atoms with Crippen LogP contribution in [0.2, 0.25) is 5.02 Å². The van der Waals surface area contributed by atoms with E-state index < -0.39 is 5.69 Å². The highest BCUT2D eigenvalue weighted by Crippen LogP contribution is 2.17. The predicted octanol–water partition coefficient (Wildman–Crippen LogP) is 4.29. The number of hydrogen-bond acceptors (Lipinski definition) is 3. The number of aromatic nitrogens is 4. The minimum absolute atomic E-state index is 0.266. The zero-order valence-corrected chi connectivity index (χ0v) is 18.5. The van der Waals surface area contributed by atoms with Crippen LogP contribution in [0, 0.1) is 0 Å². The number of fused-ring (bicyclic) bond motifs is 1. The van der Waals surface area contributed by atoms with E-state index in [4.69, 9.17) is 11.6 Å². The first-order chi connectivity index (χ1) is 16.1. The van der Waals surface area contributed by atoms with Crippen molar-refractivity contribution in [2.75, 3.05) is 0 Å². The van der Waals surface area contributed by atoms with Crippen molar-refractivity contribution in [3.8, 4) is 5.69 Å². The van der Waals surface area contributed by atoms with Gasteiger partial charge in [-0.25, -0.2) is 14.3 Å². The number of rotatable bonds is 6. The zero-order chi connectivity index (χ0) is 22.8. The molecule has 3 aromatic carbocycles. The van der Waals surface area contributed by atoms with E-state index in [0.29, 0.717) is 34.8 Å². The molecule has 0 spiro atoms. The summed E-state index contributed by atoms with van der Waals surface area (Å²) in [5, 5.41) is 0.565. The van der Waals surface area contributed by atoms with Crippen molar-refractivity contribution in [1.29, 1.82) is 0 Å². The minimum atomic E-state index is -0.421. The Morgan fingerprint density at radius 2 is 1.42 bits per heavy atom. The van der Waals surface area contributed by atoms with E-state index in [1.807, 2.05) is 60.7 Å². The number of nitrogens with zero attached hydrogens (tertiary/aromatic N) is 4. The van der Waals surface area contributed by atoms with Gasteiger partial charge in [0.05, 0.1) is 12.0 Å². The molecule has 2 aromatic heterocycles. The molecule has 0 saturated heterocycles. The average molecular weight is 457 g/mol. The van der Waals surface area contributed by atoms with Gasteiger partial charge in [-0.2, -0.15) is 0 Å². The first-order valence-electron chi connectivity index (χ1n) is 10.7. The van der Waals surface area contributed by atoms with Crippen LogP contribution in [0.3, 0.4) is 0 Å². The maximum atomic E-state index is 13.5. The molecule has 33 heavy (non-hydrogen) atoms. The predicted molar refractivity (Wildman–Crippen MR) is 130 cm³/mol. The van der Waals surface area contributed by atoms with Crippen molar-refractivity contribution < 1.29 is 0 Å². The van der Waals surface area contributed by atoms with Crippen LogP contribution in [0.5, 0.6) is 0 Å². The van der Waals surface area contributed by atoms with E-state index in [1.165, 1.54) is 9.13 Å². The van der Waals surface area contributed by atoms with Crippen LogP contribution < -0.4 is 11.2 Å². The van der Waals surface area contributed by atoms with Gasteiger partial charge in [0.15, 0.2) is 11.2 Å². The van der Waals surface area contributed by atoms with Crippen molar-refractivity contribution in [2.45, 2.75) is 19.5 Å². The molecular weight excluding hydrogens is 436 g/mol. The molecule has 0 amide bonds. The van der Waals surface area contributed by atoms with Gasteiger partial charge in [0, 0.05) is 18.1 Å². The molecule has 5 rings (SSSR count). The lowest BCUT2D eigenvalue weighted by Gasteiger charge is -2.13. The van der Waals surface area contributed by atoms with Crippen molar-refractivity contribution in [3.05, 3.63) is 128 Å². The third kappa shape index (κ3) is 4.13. The van der Waals surface area contributed by atoms with Gasteiger partial charge in [-0.1, -0.05) is 72.3 Å². The molecule has 0 bridgehead atoms. The van der Waals surface area contributed by atoms with E-state index >= 15 is 0 Å². The Bertz CT molecular complexity index is 1520. The number of hydrogen-bond donors (Lipinski definition) is 0. The van der Waals surface area contributed by atoms with Gasteiger partial charge >= 0.3 is 5.69 Å². The summed E-state index contributed by atoms with van der Waals surface area (Å²) in [6, 6.07) is 26.6. The summed E-state index contributed by atoms with van der Waals surface area (Å²) >= 11 is 6.06. The Balaban J connectivity index is 1.69. The number of halogens is 1. The van der Waals surface area contributed by atoms with Crippen molar-refractivity contribution in [2.24, 2.45) is 0 Å². The van der Waals surface area contributed by atoms with Gasteiger partial charge in [0.1, 0.15) is 0 Å². The van der Waals surface area contributed by atoms with Crippen LogP contribution in [0.25, 0.3) is 16.9 Å². The summed E-state index contributed by atoms with van der Waals surface area (Å²) in [5.74, 6) is 0. The maximum absolute atomic E-state index is 13.5. The van der Waals surface area contributed by atoms with Crippen molar-refractivity contribution in [1.82, 2.24) is 18.7 Å². The Labute approximate surface area is 195 Å². The molecule has 7 heteroatoms. The summed E-state index contributed by atoms with van der Waals surface area (Å²) in [4.78, 5) is 31.5. The Kier molecular flexibility index (Phi) is 5.67. The smallest absolute Gasteiger partial charge is 0.320 e. The molecule has 0 atom stereocenters. The van der Waals surface area contributed by atoms with Crippen molar-refractivity contribution in [3.63, 3.8) is 0 Å². The lowest BCUT2D eigenvalue weighted by Crippen LogP contribution is -2.40. The SMILES string of the molecule is O=c1c2c(ncn2Cc2ccccc2)n(-c2ccc(Cl)cc2)c(=O)n1CCc1ccccc1. The zero-order valence-electron chi connectivity index (χ0n) is 17.8. The third-order valence-electron chi connectivity index (χ3n) is 5.65. The fourth-order valence-corrected chi connectivity index (χ4v) is 4.11. The number of imidazole rings is 1. The Morgan fingerprint density at radius 1 is 0.788 bits per heavy atom. The topological polar surface area (TPSA) is 61.8 Å². The Morgan fingerprint density at radius 3 is 2.09 bits per heavy atom. The molecule has 0 aliphatic rings. The molecule has 0 aliphatic carbocycles. The fourth-order valence-electron chi connectivity index (χ4n) is 3.99. The largest absolute Gasteiger partial charge is 0.337 e. The lowest BCUT2D eigenvalue weighted by atomic mass is 10.1. The van der Waals surface area contributed by atoms with Gasteiger partial charge in [0.2, 0.25) is 0 Å². The van der Waals surface area contributed by atoms with Crippen LogP contribution in [0.15, 0.2) is 101 Å². The normalized spacial score (nSPS) is 11.2. The lowest BCUT2D eigenvalue weighted by molar-refractivity contribution is 0.615. The van der Waals surface area contributed by atoms with Gasteiger partial charge in [-0.3, -0.25) is 9.36 Å². The van der Waals surface area contributed by atoms with Crippen LogP contribution in [0.4, 0.5) is 0 Å². The second kappa shape index (κ2) is 8.92. The summed E-state index contributed by atoms with van der Waals surface area (Å²) in [7, 11) is 0. The minimum Gasteiger partial charge on any atom is -0.320 e. The fraction of sp³-hybridized carbons (Fsp3) is 0.115. The highest BCUT2D eigenvalue weighted by molar-refractivity contribution is 6.30. The second-order valence-electron chi connectivity index (χ2n) is 7.82. The molecule has 2 heterocycles. The van der Waals surface area contributed by atoms with Crippen LogP contribution in [0.1, 0.15) is 11.1 Å². The molecule has 0 saturated carbocycles. The molecule has 5 aromatic rings. The van der Waals surface area contributed by atoms with Gasteiger partial charge in [-0.15, -0.1) is 0 Å².